The highest BCUT2D eigenvalue weighted by Crippen LogP contribution is 2.37. The SMILES string of the molecule is Cc1cc(Cl)ccc1C(O)C(CN)c1c(F)cccc1Cl. The highest BCUT2D eigenvalue weighted by Gasteiger charge is 2.27. The normalized spacial score (nSPS) is 14.0. The molecule has 0 heterocycles. The van der Waals surface area contributed by atoms with E-state index < -0.39 is 17.8 Å². The van der Waals surface area contributed by atoms with Gasteiger partial charge >= 0.3 is 0 Å². The molecule has 2 aromatic carbocycles. The van der Waals surface area contributed by atoms with Gasteiger partial charge in [0.05, 0.1) is 6.10 Å². The average Bonchev–Trinajstić information content (AvgIpc) is 2.42. The zero-order valence-electron chi connectivity index (χ0n) is 11.5. The lowest BCUT2D eigenvalue weighted by Crippen LogP contribution is -2.22. The highest BCUT2D eigenvalue weighted by molar-refractivity contribution is 6.31. The van der Waals surface area contributed by atoms with Crippen molar-refractivity contribution in [1.82, 2.24) is 0 Å². The second kappa shape index (κ2) is 6.75. The first kappa shape index (κ1) is 16.2. The molecule has 0 spiro atoms. The van der Waals surface area contributed by atoms with Gasteiger partial charge in [-0.25, -0.2) is 4.39 Å². The van der Waals surface area contributed by atoms with E-state index in [1.54, 1.807) is 24.3 Å². The molecule has 0 aliphatic carbocycles. The van der Waals surface area contributed by atoms with Gasteiger partial charge in [0, 0.05) is 28.1 Å². The van der Waals surface area contributed by atoms with Crippen LogP contribution >= 0.6 is 23.2 Å². The summed E-state index contributed by atoms with van der Waals surface area (Å²) < 4.78 is 14.1. The Morgan fingerprint density at radius 3 is 2.52 bits per heavy atom. The Kier molecular flexibility index (Phi) is 5.22. The first-order valence-electron chi connectivity index (χ1n) is 6.53. The minimum absolute atomic E-state index is 0.0733. The summed E-state index contributed by atoms with van der Waals surface area (Å²) >= 11 is 12.0. The Hall–Kier alpha value is -1.13. The van der Waals surface area contributed by atoms with Crippen LogP contribution in [0.5, 0.6) is 0 Å². The zero-order valence-corrected chi connectivity index (χ0v) is 13.0. The average molecular weight is 328 g/mol. The number of nitrogens with two attached hydrogens (primary N) is 1. The number of aliphatic hydroxyl groups is 1. The van der Waals surface area contributed by atoms with E-state index in [4.69, 9.17) is 28.9 Å². The Labute approximate surface area is 133 Å². The summed E-state index contributed by atoms with van der Waals surface area (Å²) in [5.74, 6) is -1.10. The Morgan fingerprint density at radius 2 is 1.95 bits per heavy atom. The third-order valence-corrected chi connectivity index (χ3v) is 4.12. The second-order valence-corrected chi connectivity index (χ2v) is 5.77. The van der Waals surface area contributed by atoms with Crippen LogP contribution in [0.15, 0.2) is 36.4 Å². The van der Waals surface area contributed by atoms with Gasteiger partial charge in [0.2, 0.25) is 0 Å². The standard InChI is InChI=1S/C16H16Cl2FNO/c1-9-7-10(17)5-6-11(9)16(21)12(8-20)15-13(18)3-2-4-14(15)19/h2-7,12,16,21H,8,20H2,1H3. The predicted molar refractivity (Wildman–Crippen MR) is 84.4 cm³/mol. The minimum atomic E-state index is -0.957. The number of aliphatic hydroxyl groups excluding tert-OH is 1. The molecule has 0 fully saturated rings. The summed E-state index contributed by atoms with van der Waals surface area (Å²) in [4.78, 5) is 0. The first-order valence-corrected chi connectivity index (χ1v) is 7.29. The Morgan fingerprint density at radius 1 is 1.24 bits per heavy atom. The van der Waals surface area contributed by atoms with Gasteiger partial charge in [-0.3, -0.25) is 0 Å². The maximum Gasteiger partial charge on any atom is 0.128 e. The monoisotopic (exact) mass is 327 g/mol. The fourth-order valence-electron chi connectivity index (χ4n) is 2.46. The molecule has 0 radical (unpaired) electrons. The van der Waals surface area contributed by atoms with Crippen LogP contribution in [0.4, 0.5) is 4.39 Å². The summed E-state index contributed by atoms with van der Waals surface area (Å²) in [7, 11) is 0. The molecule has 0 saturated heterocycles. The molecule has 2 unspecified atom stereocenters. The molecule has 3 N–H and O–H groups in total. The van der Waals surface area contributed by atoms with Gasteiger partial charge in [-0.1, -0.05) is 35.3 Å². The molecule has 0 aliphatic heterocycles. The van der Waals surface area contributed by atoms with Gasteiger partial charge in [0.25, 0.3) is 0 Å². The van der Waals surface area contributed by atoms with Crippen molar-refractivity contribution in [2.45, 2.75) is 18.9 Å². The van der Waals surface area contributed by atoms with Gasteiger partial charge < -0.3 is 10.8 Å². The quantitative estimate of drug-likeness (QED) is 0.883. The predicted octanol–water partition coefficient (Wildman–Crippen LogP) is 4.22. The van der Waals surface area contributed by atoms with Crippen LogP contribution in [0.1, 0.15) is 28.7 Å². The number of hydrogen-bond donors (Lipinski definition) is 2. The van der Waals surface area contributed by atoms with Crippen molar-refractivity contribution in [1.29, 1.82) is 0 Å². The smallest absolute Gasteiger partial charge is 0.128 e. The number of hydrogen-bond acceptors (Lipinski definition) is 2. The van der Waals surface area contributed by atoms with E-state index in [9.17, 15) is 9.50 Å². The van der Waals surface area contributed by atoms with Crippen LogP contribution in [0.2, 0.25) is 10.0 Å². The number of aryl methyl sites for hydroxylation is 1. The molecule has 0 aromatic heterocycles. The third-order valence-electron chi connectivity index (χ3n) is 3.56. The largest absolute Gasteiger partial charge is 0.388 e. The van der Waals surface area contributed by atoms with Crippen molar-refractivity contribution >= 4 is 23.2 Å². The lowest BCUT2D eigenvalue weighted by Gasteiger charge is -2.25. The van der Waals surface area contributed by atoms with Gasteiger partial charge in [-0.15, -0.1) is 0 Å². The highest BCUT2D eigenvalue weighted by atomic mass is 35.5. The van der Waals surface area contributed by atoms with Crippen LogP contribution in [-0.4, -0.2) is 11.7 Å². The van der Waals surface area contributed by atoms with E-state index >= 15 is 0 Å². The summed E-state index contributed by atoms with van der Waals surface area (Å²) in [5.41, 5.74) is 7.47. The van der Waals surface area contributed by atoms with Crippen LogP contribution in [0.3, 0.4) is 0 Å². The van der Waals surface area contributed by atoms with Crippen molar-refractivity contribution in [3.8, 4) is 0 Å². The molecule has 0 amide bonds. The number of benzene rings is 2. The van der Waals surface area contributed by atoms with E-state index in [0.29, 0.717) is 10.6 Å². The van der Waals surface area contributed by atoms with Crippen molar-refractivity contribution in [3.05, 3.63) is 69.0 Å². The molecule has 2 aromatic rings. The van der Waals surface area contributed by atoms with Gasteiger partial charge in [-0.2, -0.15) is 0 Å². The van der Waals surface area contributed by atoms with E-state index in [1.807, 2.05) is 6.92 Å². The van der Waals surface area contributed by atoms with Crippen LogP contribution in [-0.2, 0) is 0 Å². The summed E-state index contributed by atoms with van der Waals surface area (Å²) in [6.07, 6.45) is -0.957. The van der Waals surface area contributed by atoms with Crippen molar-refractivity contribution in [2.24, 2.45) is 5.73 Å². The summed E-state index contributed by atoms with van der Waals surface area (Å²) in [6, 6.07) is 9.57. The summed E-state index contributed by atoms with van der Waals surface area (Å²) in [5, 5.41) is 11.4. The number of rotatable bonds is 4. The maximum atomic E-state index is 14.1. The molecule has 0 saturated carbocycles. The van der Waals surface area contributed by atoms with E-state index in [2.05, 4.69) is 0 Å². The first-order chi connectivity index (χ1) is 9.95. The van der Waals surface area contributed by atoms with Gasteiger partial charge in [0.15, 0.2) is 0 Å². The fraction of sp³-hybridized carbons (Fsp3) is 0.250. The van der Waals surface area contributed by atoms with Gasteiger partial charge in [0.1, 0.15) is 5.82 Å². The third kappa shape index (κ3) is 3.38. The van der Waals surface area contributed by atoms with Gasteiger partial charge in [-0.05, 0) is 42.3 Å². The molecule has 2 atom stereocenters. The Bertz CT molecular complexity index is 628. The van der Waals surface area contributed by atoms with Crippen molar-refractivity contribution in [3.63, 3.8) is 0 Å². The van der Waals surface area contributed by atoms with E-state index in [1.165, 1.54) is 12.1 Å². The molecular formula is C16H16Cl2FNO. The van der Waals surface area contributed by atoms with Crippen LogP contribution in [0, 0.1) is 12.7 Å². The van der Waals surface area contributed by atoms with Crippen LogP contribution < -0.4 is 5.73 Å². The second-order valence-electron chi connectivity index (χ2n) is 4.92. The topological polar surface area (TPSA) is 46.2 Å². The fourth-order valence-corrected chi connectivity index (χ4v) is 2.99. The van der Waals surface area contributed by atoms with Crippen LogP contribution in [0.25, 0.3) is 0 Å². The molecule has 5 heteroatoms. The molecule has 0 bridgehead atoms. The lowest BCUT2D eigenvalue weighted by atomic mass is 9.87. The van der Waals surface area contributed by atoms with E-state index in [-0.39, 0.29) is 17.1 Å². The molecule has 21 heavy (non-hydrogen) atoms. The molecule has 2 rings (SSSR count). The van der Waals surface area contributed by atoms with E-state index in [0.717, 1.165) is 5.56 Å². The summed E-state index contributed by atoms with van der Waals surface area (Å²) in [6.45, 7) is 1.91. The molecule has 112 valence electrons. The molecule has 0 aliphatic rings. The Balaban J connectivity index is 2.46. The maximum absolute atomic E-state index is 14.1. The van der Waals surface area contributed by atoms with Crippen molar-refractivity contribution < 1.29 is 9.50 Å². The minimum Gasteiger partial charge on any atom is -0.388 e. The molecule has 2 nitrogen and oxygen atoms in total. The lowest BCUT2D eigenvalue weighted by molar-refractivity contribution is 0.145. The van der Waals surface area contributed by atoms with Crippen molar-refractivity contribution in [2.75, 3.05) is 6.54 Å². The molecular weight excluding hydrogens is 312 g/mol. The zero-order chi connectivity index (χ0) is 15.6. The number of halogens is 3.